The molecule has 88 valence electrons. The largest absolute Gasteiger partial charge is 0.380 e. The molecule has 1 saturated carbocycles. The second kappa shape index (κ2) is 5.28. The maximum atomic E-state index is 5.93. The van der Waals surface area contributed by atoms with Crippen molar-refractivity contribution in [1.82, 2.24) is 4.90 Å². The van der Waals surface area contributed by atoms with Crippen LogP contribution in [0, 0.1) is 0 Å². The molecular weight excluding hydrogens is 188 g/mol. The zero-order valence-electron chi connectivity index (χ0n) is 9.82. The van der Waals surface area contributed by atoms with Crippen LogP contribution in [0.1, 0.15) is 38.5 Å². The van der Waals surface area contributed by atoms with Gasteiger partial charge in [0.1, 0.15) is 0 Å². The Balaban J connectivity index is 1.81. The second-order valence-corrected chi connectivity index (χ2v) is 5.11. The maximum Gasteiger partial charge on any atom is 0.0621 e. The maximum absolute atomic E-state index is 5.93. The minimum atomic E-state index is 0.456. The first kappa shape index (κ1) is 11.4. The predicted molar refractivity (Wildman–Crippen MR) is 61.8 cm³/mol. The van der Waals surface area contributed by atoms with Gasteiger partial charge in [0.15, 0.2) is 0 Å². The van der Waals surface area contributed by atoms with Crippen LogP contribution < -0.4 is 5.73 Å². The van der Waals surface area contributed by atoms with Crippen LogP contribution in [0.25, 0.3) is 0 Å². The molecule has 2 fully saturated rings. The smallest absolute Gasteiger partial charge is 0.0621 e. The monoisotopic (exact) mass is 212 g/mol. The van der Waals surface area contributed by atoms with Crippen LogP contribution in [0.15, 0.2) is 0 Å². The molecule has 1 aliphatic heterocycles. The summed E-state index contributed by atoms with van der Waals surface area (Å²) in [6.07, 6.45) is 7.47. The van der Waals surface area contributed by atoms with Crippen molar-refractivity contribution in [3.8, 4) is 0 Å². The van der Waals surface area contributed by atoms with E-state index in [1.165, 1.54) is 38.5 Å². The highest BCUT2D eigenvalue weighted by atomic mass is 16.5. The van der Waals surface area contributed by atoms with Crippen LogP contribution >= 0.6 is 0 Å². The molecule has 0 radical (unpaired) electrons. The Kier molecular flexibility index (Phi) is 4.00. The van der Waals surface area contributed by atoms with Gasteiger partial charge in [0, 0.05) is 24.7 Å². The Morgan fingerprint density at radius 3 is 2.40 bits per heavy atom. The third-order valence-corrected chi connectivity index (χ3v) is 4.03. The average Bonchev–Trinajstić information content (AvgIpc) is 2.30. The van der Waals surface area contributed by atoms with Gasteiger partial charge in [0.25, 0.3) is 0 Å². The molecule has 3 heteroatoms. The zero-order valence-corrected chi connectivity index (χ0v) is 9.82. The number of rotatable bonds is 2. The first-order chi connectivity index (χ1) is 7.27. The van der Waals surface area contributed by atoms with Gasteiger partial charge in [-0.1, -0.05) is 0 Å². The van der Waals surface area contributed by atoms with Crippen molar-refractivity contribution in [2.24, 2.45) is 5.73 Å². The second-order valence-electron chi connectivity index (χ2n) is 5.11. The van der Waals surface area contributed by atoms with Crippen LogP contribution in [0.5, 0.6) is 0 Å². The van der Waals surface area contributed by atoms with Gasteiger partial charge in [0.05, 0.1) is 6.61 Å². The first-order valence-electron chi connectivity index (χ1n) is 6.32. The zero-order chi connectivity index (χ0) is 10.7. The van der Waals surface area contributed by atoms with Gasteiger partial charge in [-0.15, -0.1) is 0 Å². The first-order valence-corrected chi connectivity index (χ1v) is 6.32. The Labute approximate surface area is 93.0 Å². The van der Waals surface area contributed by atoms with Gasteiger partial charge in [-0.3, -0.25) is 4.90 Å². The third-order valence-electron chi connectivity index (χ3n) is 4.03. The Bertz CT molecular complexity index is 184. The molecular formula is C12H24N2O. The number of ether oxygens (including phenoxy) is 1. The highest BCUT2D eigenvalue weighted by Gasteiger charge is 2.27. The van der Waals surface area contributed by atoms with Crippen LogP contribution in [0.4, 0.5) is 0 Å². The number of hydrogen-bond donors (Lipinski definition) is 1. The fourth-order valence-corrected chi connectivity index (χ4v) is 2.85. The van der Waals surface area contributed by atoms with Gasteiger partial charge in [0.2, 0.25) is 0 Å². The van der Waals surface area contributed by atoms with Crippen molar-refractivity contribution in [1.29, 1.82) is 0 Å². The van der Waals surface area contributed by atoms with E-state index in [0.29, 0.717) is 12.1 Å². The van der Waals surface area contributed by atoms with Crippen LogP contribution in [0.3, 0.4) is 0 Å². The van der Waals surface area contributed by atoms with Crippen LogP contribution in [-0.2, 0) is 4.74 Å². The van der Waals surface area contributed by atoms with Crippen LogP contribution in [0.2, 0.25) is 0 Å². The quantitative estimate of drug-likeness (QED) is 0.751. The molecule has 1 saturated heterocycles. The van der Waals surface area contributed by atoms with E-state index in [1.54, 1.807) is 0 Å². The summed E-state index contributed by atoms with van der Waals surface area (Å²) in [6.45, 7) is 1.89. The molecule has 0 spiro atoms. The molecule has 2 aliphatic rings. The minimum absolute atomic E-state index is 0.456. The van der Waals surface area contributed by atoms with Gasteiger partial charge in [-0.05, 0) is 45.6 Å². The van der Waals surface area contributed by atoms with Crippen molar-refractivity contribution in [2.75, 3.05) is 20.3 Å². The molecule has 0 amide bonds. The summed E-state index contributed by atoms with van der Waals surface area (Å²) in [5.41, 5.74) is 5.93. The topological polar surface area (TPSA) is 38.5 Å². The molecule has 0 aromatic carbocycles. The lowest BCUT2D eigenvalue weighted by Gasteiger charge is -2.39. The van der Waals surface area contributed by atoms with E-state index in [-0.39, 0.29) is 0 Å². The van der Waals surface area contributed by atoms with Gasteiger partial charge >= 0.3 is 0 Å². The van der Waals surface area contributed by atoms with Crippen LogP contribution in [-0.4, -0.2) is 43.3 Å². The standard InChI is InChI=1S/C12H24N2O/c1-14(12-3-2-8-15-9-12)11-6-4-10(13)5-7-11/h10-12H,2-9,13H2,1H3. The summed E-state index contributed by atoms with van der Waals surface area (Å²) in [7, 11) is 2.26. The lowest BCUT2D eigenvalue weighted by atomic mass is 9.90. The number of nitrogens with zero attached hydrogens (tertiary/aromatic N) is 1. The fourth-order valence-electron chi connectivity index (χ4n) is 2.85. The van der Waals surface area contributed by atoms with E-state index in [4.69, 9.17) is 10.5 Å². The lowest BCUT2D eigenvalue weighted by molar-refractivity contribution is 0.00495. The highest BCUT2D eigenvalue weighted by molar-refractivity contribution is 4.84. The lowest BCUT2D eigenvalue weighted by Crippen LogP contribution is -2.47. The summed E-state index contributed by atoms with van der Waals surface area (Å²) in [5, 5.41) is 0. The molecule has 1 atom stereocenters. The van der Waals surface area contributed by atoms with Gasteiger partial charge < -0.3 is 10.5 Å². The van der Waals surface area contributed by atoms with E-state index < -0.39 is 0 Å². The average molecular weight is 212 g/mol. The molecule has 1 aliphatic carbocycles. The van der Waals surface area contributed by atoms with E-state index in [9.17, 15) is 0 Å². The third kappa shape index (κ3) is 2.92. The Morgan fingerprint density at radius 1 is 1.07 bits per heavy atom. The van der Waals surface area contributed by atoms with E-state index in [0.717, 1.165) is 19.3 Å². The molecule has 2 rings (SSSR count). The van der Waals surface area contributed by atoms with Crippen molar-refractivity contribution in [3.63, 3.8) is 0 Å². The molecule has 1 heterocycles. The molecule has 0 aromatic heterocycles. The Morgan fingerprint density at radius 2 is 1.80 bits per heavy atom. The minimum Gasteiger partial charge on any atom is -0.380 e. The van der Waals surface area contributed by atoms with Gasteiger partial charge in [-0.2, -0.15) is 0 Å². The fraction of sp³-hybridized carbons (Fsp3) is 1.00. The summed E-state index contributed by atoms with van der Waals surface area (Å²) in [6, 6.07) is 1.85. The summed E-state index contributed by atoms with van der Waals surface area (Å²) >= 11 is 0. The van der Waals surface area contributed by atoms with Crippen molar-refractivity contribution in [2.45, 2.75) is 56.7 Å². The van der Waals surface area contributed by atoms with E-state index >= 15 is 0 Å². The van der Waals surface area contributed by atoms with Crippen molar-refractivity contribution >= 4 is 0 Å². The van der Waals surface area contributed by atoms with E-state index in [1.807, 2.05) is 0 Å². The molecule has 0 aromatic rings. The Hall–Kier alpha value is -0.120. The summed E-state index contributed by atoms with van der Waals surface area (Å²) in [5.74, 6) is 0. The normalized spacial score (nSPS) is 38.2. The molecule has 15 heavy (non-hydrogen) atoms. The number of nitrogens with two attached hydrogens (primary N) is 1. The summed E-state index contributed by atoms with van der Waals surface area (Å²) in [4.78, 5) is 2.55. The summed E-state index contributed by atoms with van der Waals surface area (Å²) < 4.78 is 5.55. The number of hydrogen-bond acceptors (Lipinski definition) is 3. The molecule has 0 bridgehead atoms. The van der Waals surface area contributed by atoms with Crippen molar-refractivity contribution in [3.05, 3.63) is 0 Å². The highest BCUT2D eigenvalue weighted by Crippen LogP contribution is 2.24. The van der Waals surface area contributed by atoms with Gasteiger partial charge in [-0.25, -0.2) is 0 Å². The molecule has 3 nitrogen and oxygen atoms in total. The van der Waals surface area contributed by atoms with E-state index in [2.05, 4.69) is 11.9 Å². The van der Waals surface area contributed by atoms with Crippen molar-refractivity contribution < 1.29 is 4.74 Å². The molecule has 1 unspecified atom stereocenters. The SMILES string of the molecule is CN(C1CCC(N)CC1)C1CCCOC1. The molecule has 2 N–H and O–H groups in total. The predicted octanol–water partition coefficient (Wildman–Crippen LogP) is 1.37. The number of likely N-dealkylation sites (N-methyl/N-ethyl adjacent to an activating group) is 1.